The van der Waals surface area contributed by atoms with E-state index in [1.165, 1.54) is 22.3 Å². The highest BCUT2D eigenvalue weighted by atomic mass is 32.1. The third-order valence-corrected chi connectivity index (χ3v) is 4.04. The maximum Gasteiger partial charge on any atom is 0.130 e. The lowest BCUT2D eigenvalue weighted by Crippen LogP contribution is -2.12. The summed E-state index contributed by atoms with van der Waals surface area (Å²) in [6, 6.07) is 4.28. The van der Waals surface area contributed by atoms with Crippen molar-refractivity contribution >= 4 is 18.2 Å². The summed E-state index contributed by atoms with van der Waals surface area (Å²) < 4.78 is 5.99. The van der Waals surface area contributed by atoms with Crippen molar-refractivity contribution in [3.05, 3.63) is 59.2 Å². The van der Waals surface area contributed by atoms with Crippen LogP contribution in [-0.2, 0) is 0 Å². The van der Waals surface area contributed by atoms with Crippen LogP contribution < -0.4 is 4.74 Å². The molecule has 1 aromatic carbocycles. The molecule has 1 aliphatic heterocycles. The summed E-state index contributed by atoms with van der Waals surface area (Å²) >= 11 is 4.66. The smallest absolute Gasteiger partial charge is 0.130 e. The van der Waals surface area contributed by atoms with Crippen LogP contribution in [-0.4, -0.2) is 11.9 Å². The number of hydrogen-bond donors (Lipinski definition) is 1. The Morgan fingerprint density at radius 3 is 2.74 bits per heavy atom. The molecule has 0 amide bonds. The third kappa shape index (κ3) is 2.50. The van der Waals surface area contributed by atoms with Gasteiger partial charge in [-0.1, -0.05) is 36.9 Å². The van der Waals surface area contributed by atoms with Crippen LogP contribution >= 0.6 is 12.6 Å². The molecule has 2 heteroatoms. The Hall–Kier alpha value is -1.41. The van der Waals surface area contributed by atoms with Crippen molar-refractivity contribution in [1.82, 2.24) is 0 Å². The first-order valence-electron chi connectivity index (χ1n) is 6.50. The Morgan fingerprint density at radius 1 is 1.37 bits per heavy atom. The van der Waals surface area contributed by atoms with E-state index in [2.05, 4.69) is 58.2 Å². The van der Waals surface area contributed by atoms with Crippen molar-refractivity contribution < 1.29 is 4.74 Å². The van der Waals surface area contributed by atoms with E-state index in [4.69, 9.17) is 4.74 Å². The van der Waals surface area contributed by atoms with Crippen LogP contribution in [0.4, 0.5) is 0 Å². The van der Waals surface area contributed by atoms with Gasteiger partial charge in [-0.05, 0) is 43.0 Å². The summed E-state index contributed by atoms with van der Waals surface area (Å²) in [7, 11) is 0. The first-order chi connectivity index (χ1) is 9.10. The Kier molecular flexibility index (Phi) is 4.20. The van der Waals surface area contributed by atoms with E-state index >= 15 is 0 Å². The largest absolute Gasteiger partial charge is 0.491 e. The summed E-state index contributed by atoms with van der Waals surface area (Å²) in [6.07, 6.45) is 5.97. The fourth-order valence-corrected chi connectivity index (χ4v) is 2.72. The van der Waals surface area contributed by atoms with Crippen molar-refractivity contribution in [1.29, 1.82) is 0 Å². The summed E-state index contributed by atoms with van der Waals surface area (Å²) in [4.78, 5) is 0. The third-order valence-electron chi connectivity index (χ3n) is 3.61. The Morgan fingerprint density at radius 2 is 2.11 bits per heavy atom. The van der Waals surface area contributed by atoms with Crippen molar-refractivity contribution in [3.8, 4) is 5.75 Å². The van der Waals surface area contributed by atoms with Crippen molar-refractivity contribution in [2.75, 3.05) is 6.61 Å². The molecule has 1 nitrogen and oxygen atoms in total. The van der Waals surface area contributed by atoms with Gasteiger partial charge in [-0.25, -0.2) is 0 Å². The number of benzene rings is 1. The number of hydrogen-bond acceptors (Lipinski definition) is 2. The average molecular weight is 272 g/mol. The fourth-order valence-electron chi connectivity index (χ4n) is 2.43. The molecular weight excluding hydrogens is 252 g/mol. The van der Waals surface area contributed by atoms with Crippen LogP contribution in [0.5, 0.6) is 5.75 Å². The highest BCUT2D eigenvalue weighted by Gasteiger charge is 2.24. The van der Waals surface area contributed by atoms with Crippen LogP contribution in [0.1, 0.15) is 23.6 Å². The summed E-state index contributed by atoms with van der Waals surface area (Å²) in [6.45, 7) is 10.6. The van der Waals surface area contributed by atoms with Gasteiger partial charge < -0.3 is 4.74 Å². The van der Waals surface area contributed by atoms with E-state index in [0.29, 0.717) is 6.61 Å². The summed E-state index contributed by atoms with van der Waals surface area (Å²) in [5.74, 6) is 0.986. The van der Waals surface area contributed by atoms with E-state index in [-0.39, 0.29) is 5.25 Å². The summed E-state index contributed by atoms with van der Waals surface area (Å²) in [5, 5.41) is 0.0660. The molecule has 100 valence electrons. The molecular formula is C17H20OS. The quantitative estimate of drug-likeness (QED) is 0.740. The first-order valence-corrected chi connectivity index (χ1v) is 7.02. The van der Waals surface area contributed by atoms with E-state index in [9.17, 15) is 0 Å². The van der Waals surface area contributed by atoms with Gasteiger partial charge in [0.25, 0.3) is 0 Å². The molecule has 0 fully saturated rings. The zero-order valence-electron chi connectivity index (χ0n) is 11.7. The minimum Gasteiger partial charge on any atom is -0.491 e. The number of allylic oxidation sites excluding steroid dienone is 4. The van der Waals surface area contributed by atoms with Crippen LogP contribution in [0.2, 0.25) is 0 Å². The van der Waals surface area contributed by atoms with E-state index in [1.807, 2.05) is 12.2 Å². The fraction of sp³-hybridized carbons (Fsp3) is 0.294. The second-order valence-electron chi connectivity index (χ2n) is 4.77. The molecule has 1 heterocycles. The number of ether oxygens (including phenoxy) is 1. The van der Waals surface area contributed by atoms with Gasteiger partial charge in [0.2, 0.25) is 0 Å². The predicted octanol–water partition coefficient (Wildman–Crippen LogP) is 4.51. The number of fused-ring (bicyclic) bond motifs is 1. The monoisotopic (exact) mass is 272 g/mol. The standard InChI is InChI=1S/C17H20OS/c1-5-7-14-13(6-2)15-9-8-11(3)12(4)17(15)18-10-16(14)19/h5-9,16,19H,1,10H2,2-4H3/b13-6+,14-7+. The molecule has 0 bridgehead atoms. The lowest BCUT2D eigenvalue weighted by Gasteiger charge is -2.14. The van der Waals surface area contributed by atoms with E-state index < -0.39 is 0 Å². The van der Waals surface area contributed by atoms with Crippen LogP contribution in [0.25, 0.3) is 5.57 Å². The molecule has 0 radical (unpaired) electrons. The molecule has 1 aliphatic rings. The molecule has 1 unspecified atom stereocenters. The number of rotatable bonds is 1. The highest BCUT2D eigenvalue weighted by molar-refractivity contribution is 7.81. The van der Waals surface area contributed by atoms with Crippen molar-refractivity contribution in [2.45, 2.75) is 26.0 Å². The van der Waals surface area contributed by atoms with Gasteiger partial charge in [-0.2, -0.15) is 12.6 Å². The Balaban J connectivity index is 2.68. The molecule has 1 aromatic rings. The molecule has 0 aromatic heterocycles. The molecule has 0 aliphatic carbocycles. The van der Waals surface area contributed by atoms with Crippen LogP contribution in [0.3, 0.4) is 0 Å². The molecule has 0 spiro atoms. The number of aryl methyl sites for hydroxylation is 1. The number of thiol groups is 1. The lowest BCUT2D eigenvalue weighted by molar-refractivity contribution is 0.328. The zero-order valence-corrected chi connectivity index (χ0v) is 12.6. The van der Waals surface area contributed by atoms with Gasteiger partial charge in [0.15, 0.2) is 0 Å². The van der Waals surface area contributed by atoms with Crippen molar-refractivity contribution in [3.63, 3.8) is 0 Å². The van der Waals surface area contributed by atoms with Gasteiger partial charge in [0, 0.05) is 5.56 Å². The highest BCUT2D eigenvalue weighted by Crippen LogP contribution is 2.40. The molecule has 2 rings (SSSR count). The van der Waals surface area contributed by atoms with Gasteiger partial charge in [-0.15, -0.1) is 0 Å². The Labute approximate surface area is 121 Å². The van der Waals surface area contributed by atoms with Gasteiger partial charge in [0.1, 0.15) is 12.4 Å². The van der Waals surface area contributed by atoms with Crippen molar-refractivity contribution in [2.24, 2.45) is 0 Å². The van der Waals surface area contributed by atoms with Crippen LogP contribution in [0, 0.1) is 13.8 Å². The first kappa shape index (κ1) is 14.0. The minimum absolute atomic E-state index is 0.0660. The van der Waals surface area contributed by atoms with E-state index in [0.717, 1.165) is 11.3 Å². The SMILES string of the molecule is C=C/C=C1\C(=C/C)c2ccc(C)c(C)c2OCC1S. The normalized spacial score (nSPS) is 22.8. The Bertz CT molecular complexity index is 567. The lowest BCUT2D eigenvalue weighted by atomic mass is 9.92. The molecule has 0 saturated carbocycles. The molecule has 0 N–H and O–H groups in total. The van der Waals surface area contributed by atoms with Gasteiger partial charge >= 0.3 is 0 Å². The van der Waals surface area contributed by atoms with E-state index in [1.54, 1.807) is 0 Å². The zero-order chi connectivity index (χ0) is 14.0. The predicted molar refractivity (Wildman–Crippen MR) is 86.1 cm³/mol. The topological polar surface area (TPSA) is 9.23 Å². The molecule has 0 saturated heterocycles. The second-order valence-corrected chi connectivity index (χ2v) is 5.39. The van der Waals surface area contributed by atoms with Gasteiger partial charge in [0.05, 0.1) is 5.25 Å². The second kappa shape index (κ2) is 5.70. The summed E-state index contributed by atoms with van der Waals surface area (Å²) in [5.41, 5.74) is 5.96. The molecule has 19 heavy (non-hydrogen) atoms. The average Bonchev–Trinajstić information content (AvgIpc) is 2.53. The van der Waals surface area contributed by atoms with Crippen LogP contribution in [0.15, 0.2) is 42.5 Å². The minimum atomic E-state index is 0.0660. The maximum atomic E-state index is 5.99. The van der Waals surface area contributed by atoms with Gasteiger partial charge in [-0.3, -0.25) is 0 Å². The molecule has 1 atom stereocenters. The maximum absolute atomic E-state index is 5.99.